The van der Waals surface area contributed by atoms with Crippen LogP contribution in [0.3, 0.4) is 0 Å². The predicted molar refractivity (Wildman–Crippen MR) is 76.1 cm³/mol. The van der Waals surface area contributed by atoms with E-state index in [1.54, 1.807) is 0 Å². The molecule has 0 saturated carbocycles. The Bertz CT molecular complexity index is 840. The number of H-pyrrole nitrogens is 1. The van der Waals surface area contributed by atoms with Crippen LogP contribution in [-0.2, 0) is 12.7 Å². The van der Waals surface area contributed by atoms with E-state index in [0.29, 0.717) is 5.82 Å². The van der Waals surface area contributed by atoms with Crippen molar-refractivity contribution in [3.63, 3.8) is 0 Å². The highest BCUT2D eigenvalue weighted by Crippen LogP contribution is 2.30. The molecule has 0 radical (unpaired) electrons. The maximum absolute atomic E-state index is 12.7. The number of benzene rings is 1. The van der Waals surface area contributed by atoms with E-state index in [4.69, 9.17) is 0 Å². The molecule has 0 bridgehead atoms. The molecule has 0 fully saturated rings. The highest BCUT2D eigenvalue weighted by Gasteiger charge is 2.30. The van der Waals surface area contributed by atoms with Crippen molar-refractivity contribution in [2.75, 3.05) is 0 Å². The van der Waals surface area contributed by atoms with Crippen LogP contribution in [0.5, 0.6) is 0 Å². The number of alkyl halides is 3. The zero-order chi connectivity index (χ0) is 17.2. The number of rotatable bonds is 4. The number of hydrogen-bond acceptors (Lipinski definition) is 4. The zero-order valence-corrected chi connectivity index (χ0v) is 12.1. The van der Waals surface area contributed by atoms with Crippen LogP contribution >= 0.6 is 0 Å². The molecule has 0 aliphatic heterocycles. The Hall–Kier alpha value is -3.17. The molecule has 2 heterocycles. The van der Waals surface area contributed by atoms with Crippen LogP contribution in [0.1, 0.15) is 21.9 Å². The third kappa shape index (κ3) is 3.42. The maximum atomic E-state index is 12.7. The summed E-state index contributed by atoms with van der Waals surface area (Å²) < 4.78 is 39.4. The van der Waals surface area contributed by atoms with Gasteiger partial charge in [0.2, 0.25) is 0 Å². The van der Waals surface area contributed by atoms with E-state index in [-0.39, 0.29) is 17.9 Å². The Balaban J connectivity index is 1.74. The Labute approximate surface area is 133 Å². The topological polar surface area (TPSA) is 88.5 Å². The molecule has 10 heteroatoms. The van der Waals surface area contributed by atoms with Crippen LogP contribution in [-0.4, -0.2) is 30.9 Å². The molecule has 7 nitrogen and oxygen atoms in total. The van der Waals surface area contributed by atoms with E-state index in [1.165, 1.54) is 35.4 Å². The highest BCUT2D eigenvalue weighted by molar-refractivity contribution is 5.92. The molecular weight excluding hydrogens is 325 g/mol. The van der Waals surface area contributed by atoms with Crippen LogP contribution in [0.25, 0.3) is 5.69 Å². The average molecular weight is 336 g/mol. The molecule has 1 amide bonds. The second kappa shape index (κ2) is 6.14. The van der Waals surface area contributed by atoms with Gasteiger partial charge in [0.25, 0.3) is 5.91 Å². The number of amides is 1. The Morgan fingerprint density at radius 2 is 2.12 bits per heavy atom. The van der Waals surface area contributed by atoms with Gasteiger partial charge in [0.05, 0.1) is 17.8 Å². The van der Waals surface area contributed by atoms with Crippen molar-refractivity contribution < 1.29 is 18.0 Å². The molecule has 3 rings (SSSR count). The molecule has 0 aliphatic rings. The number of carbonyl (C=O) groups excluding carboxylic acids is 1. The van der Waals surface area contributed by atoms with E-state index < -0.39 is 17.6 Å². The summed E-state index contributed by atoms with van der Waals surface area (Å²) in [6, 6.07) is 6.10. The smallest absolute Gasteiger partial charge is 0.343 e. The molecule has 0 unspecified atom stereocenters. The van der Waals surface area contributed by atoms with E-state index >= 15 is 0 Å². The summed E-state index contributed by atoms with van der Waals surface area (Å²) in [7, 11) is 0. The van der Waals surface area contributed by atoms with Gasteiger partial charge in [0.15, 0.2) is 5.69 Å². The van der Waals surface area contributed by atoms with Crippen molar-refractivity contribution in [1.82, 2.24) is 30.3 Å². The minimum atomic E-state index is -4.44. The van der Waals surface area contributed by atoms with Crippen LogP contribution in [0, 0.1) is 0 Å². The quantitative estimate of drug-likeness (QED) is 0.762. The van der Waals surface area contributed by atoms with Crippen molar-refractivity contribution in [2.24, 2.45) is 0 Å². The minimum absolute atomic E-state index is 0.0759. The Morgan fingerprint density at radius 3 is 2.83 bits per heavy atom. The minimum Gasteiger partial charge on any atom is -0.343 e. The first-order chi connectivity index (χ1) is 11.4. The molecule has 0 atom stereocenters. The van der Waals surface area contributed by atoms with E-state index in [1.807, 2.05) is 0 Å². The SMILES string of the molecule is O=C(NCc1ncn[nH]1)c1ccn(-c2cccc(C(F)(F)F)c2)n1. The van der Waals surface area contributed by atoms with Gasteiger partial charge in [-0.3, -0.25) is 9.89 Å². The molecule has 2 aromatic heterocycles. The molecule has 2 N–H and O–H groups in total. The van der Waals surface area contributed by atoms with E-state index in [9.17, 15) is 18.0 Å². The lowest BCUT2D eigenvalue weighted by Gasteiger charge is -2.08. The van der Waals surface area contributed by atoms with Crippen LogP contribution in [0.15, 0.2) is 42.9 Å². The highest BCUT2D eigenvalue weighted by atomic mass is 19.4. The number of aromatic amines is 1. The van der Waals surface area contributed by atoms with Gasteiger partial charge in [-0.1, -0.05) is 6.07 Å². The van der Waals surface area contributed by atoms with Crippen molar-refractivity contribution in [1.29, 1.82) is 0 Å². The summed E-state index contributed by atoms with van der Waals surface area (Å²) in [5, 5.41) is 12.8. The summed E-state index contributed by atoms with van der Waals surface area (Å²) in [4.78, 5) is 15.8. The van der Waals surface area contributed by atoms with Crippen LogP contribution in [0.4, 0.5) is 13.2 Å². The van der Waals surface area contributed by atoms with Gasteiger partial charge in [0, 0.05) is 6.20 Å². The molecule has 0 aliphatic carbocycles. The number of aromatic nitrogens is 5. The number of hydrogen-bond donors (Lipinski definition) is 2. The number of nitrogens with zero attached hydrogens (tertiary/aromatic N) is 4. The summed E-state index contributed by atoms with van der Waals surface area (Å²) in [5.41, 5.74) is -0.502. The summed E-state index contributed by atoms with van der Waals surface area (Å²) in [5.74, 6) is -0.00205. The molecule has 3 aromatic rings. The van der Waals surface area contributed by atoms with Gasteiger partial charge < -0.3 is 5.32 Å². The van der Waals surface area contributed by atoms with E-state index in [2.05, 4.69) is 25.6 Å². The maximum Gasteiger partial charge on any atom is 0.416 e. The van der Waals surface area contributed by atoms with Crippen LogP contribution in [0.2, 0.25) is 0 Å². The fraction of sp³-hybridized carbons (Fsp3) is 0.143. The van der Waals surface area contributed by atoms with Gasteiger partial charge in [0.1, 0.15) is 12.2 Å². The number of halogens is 3. The van der Waals surface area contributed by atoms with Gasteiger partial charge in [-0.15, -0.1) is 0 Å². The fourth-order valence-electron chi connectivity index (χ4n) is 1.98. The molecule has 24 heavy (non-hydrogen) atoms. The van der Waals surface area contributed by atoms with Gasteiger partial charge in [-0.05, 0) is 24.3 Å². The van der Waals surface area contributed by atoms with Crippen LogP contribution < -0.4 is 5.32 Å². The number of nitrogens with one attached hydrogen (secondary N) is 2. The molecule has 0 saturated heterocycles. The predicted octanol–water partition coefficient (Wildman–Crippen LogP) is 1.94. The van der Waals surface area contributed by atoms with E-state index in [0.717, 1.165) is 12.1 Å². The third-order valence-electron chi connectivity index (χ3n) is 3.14. The van der Waals surface area contributed by atoms with Crippen molar-refractivity contribution in [3.8, 4) is 5.69 Å². The normalized spacial score (nSPS) is 11.5. The Kier molecular flexibility index (Phi) is 4.02. The molecule has 1 aromatic carbocycles. The third-order valence-corrected chi connectivity index (χ3v) is 3.14. The van der Waals surface area contributed by atoms with Crippen molar-refractivity contribution >= 4 is 5.91 Å². The van der Waals surface area contributed by atoms with Gasteiger partial charge in [-0.25, -0.2) is 9.67 Å². The molecule has 124 valence electrons. The van der Waals surface area contributed by atoms with Gasteiger partial charge >= 0.3 is 6.18 Å². The van der Waals surface area contributed by atoms with Crippen molar-refractivity contribution in [3.05, 3.63) is 59.9 Å². The van der Waals surface area contributed by atoms with Crippen molar-refractivity contribution in [2.45, 2.75) is 12.7 Å². The lowest BCUT2D eigenvalue weighted by atomic mass is 10.2. The standard InChI is InChI=1S/C14H11F3N6O/c15-14(16,17)9-2-1-3-10(6-9)23-5-4-11(22-23)13(24)18-7-12-19-8-20-21-12/h1-6,8H,7H2,(H,18,24)(H,19,20,21). The first kappa shape index (κ1) is 15.7. The first-order valence-electron chi connectivity index (χ1n) is 6.79. The fourth-order valence-corrected chi connectivity index (χ4v) is 1.98. The lowest BCUT2D eigenvalue weighted by molar-refractivity contribution is -0.137. The average Bonchev–Trinajstić information content (AvgIpc) is 3.23. The second-order valence-corrected chi connectivity index (χ2v) is 4.81. The summed E-state index contributed by atoms with van der Waals surface area (Å²) in [6.07, 6.45) is -1.72. The Morgan fingerprint density at radius 1 is 1.29 bits per heavy atom. The number of carbonyl (C=O) groups is 1. The monoisotopic (exact) mass is 336 g/mol. The molecular formula is C14H11F3N6O. The van der Waals surface area contributed by atoms with Gasteiger partial charge in [-0.2, -0.15) is 23.4 Å². The molecule has 0 spiro atoms. The first-order valence-corrected chi connectivity index (χ1v) is 6.79. The summed E-state index contributed by atoms with van der Waals surface area (Å²) >= 11 is 0. The largest absolute Gasteiger partial charge is 0.416 e. The lowest BCUT2D eigenvalue weighted by Crippen LogP contribution is -2.24. The zero-order valence-electron chi connectivity index (χ0n) is 12.1. The second-order valence-electron chi connectivity index (χ2n) is 4.81. The summed E-state index contributed by atoms with van der Waals surface area (Å²) in [6.45, 7) is 0.134.